The molecular formula is C22H24BrNO2. The quantitative estimate of drug-likeness (QED) is 0.583. The Balaban J connectivity index is 1.92. The lowest BCUT2D eigenvalue weighted by Gasteiger charge is -2.30. The molecule has 2 aromatic carbocycles. The minimum absolute atomic E-state index is 0.0144. The van der Waals surface area contributed by atoms with E-state index in [0.717, 1.165) is 41.4 Å². The standard InChI is InChI=1S/C22H24BrNO2/c1-16(25)19-8-5-9-21(14-19)24(15-17-10-12-20(23)13-11-17)22(26)18-6-3-2-4-7-18/h5,8-14,18H,2-4,6-7,15H2,1H3. The van der Waals surface area contributed by atoms with Crippen LogP contribution in [0, 0.1) is 5.92 Å². The van der Waals surface area contributed by atoms with E-state index in [1.807, 2.05) is 47.4 Å². The lowest BCUT2D eigenvalue weighted by atomic mass is 9.88. The van der Waals surface area contributed by atoms with E-state index in [-0.39, 0.29) is 17.6 Å². The zero-order chi connectivity index (χ0) is 18.5. The maximum Gasteiger partial charge on any atom is 0.230 e. The first kappa shape index (κ1) is 18.8. The van der Waals surface area contributed by atoms with E-state index in [4.69, 9.17) is 0 Å². The molecule has 0 aliphatic heterocycles. The minimum atomic E-state index is 0.0144. The number of rotatable bonds is 5. The highest BCUT2D eigenvalue weighted by molar-refractivity contribution is 9.10. The summed E-state index contributed by atoms with van der Waals surface area (Å²) < 4.78 is 1.02. The van der Waals surface area contributed by atoms with Gasteiger partial charge in [0.25, 0.3) is 0 Å². The Hall–Kier alpha value is -1.94. The first-order valence-corrected chi connectivity index (χ1v) is 10.0. The van der Waals surface area contributed by atoms with Crippen LogP contribution in [0.1, 0.15) is 54.9 Å². The number of hydrogen-bond acceptors (Lipinski definition) is 2. The second kappa shape index (κ2) is 8.63. The van der Waals surface area contributed by atoms with Crippen LogP contribution in [0.5, 0.6) is 0 Å². The van der Waals surface area contributed by atoms with E-state index in [2.05, 4.69) is 15.9 Å². The van der Waals surface area contributed by atoms with Crippen molar-refractivity contribution in [3.63, 3.8) is 0 Å². The molecule has 4 heteroatoms. The van der Waals surface area contributed by atoms with Gasteiger partial charge in [0.1, 0.15) is 0 Å². The van der Waals surface area contributed by atoms with Crippen molar-refractivity contribution < 1.29 is 9.59 Å². The maximum absolute atomic E-state index is 13.3. The zero-order valence-electron chi connectivity index (χ0n) is 15.1. The molecule has 136 valence electrons. The van der Waals surface area contributed by atoms with Crippen molar-refractivity contribution in [2.45, 2.75) is 45.6 Å². The highest BCUT2D eigenvalue weighted by Crippen LogP contribution is 2.29. The van der Waals surface area contributed by atoms with Crippen LogP contribution in [0.2, 0.25) is 0 Å². The third kappa shape index (κ3) is 4.61. The molecule has 0 unspecified atom stereocenters. The van der Waals surface area contributed by atoms with Crippen molar-refractivity contribution in [2.24, 2.45) is 5.92 Å². The molecule has 0 aromatic heterocycles. The molecule has 2 aromatic rings. The predicted octanol–water partition coefficient (Wildman–Crippen LogP) is 5.77. The molecule has 0 saturated heterocycles. The second-order valence-corrected chi connectivity index (χ2v) is 7.91. The molecule has 0 N–H and O–H groups in total. The summed E-state index contributed by atoms with van der Waals surface area (Å²) in [5.41, 5.74) is 2.52. The number of benzene rings is 2. The molecule has 3 nitrogen and oxygen atoms in total. The predicted molar refractivity (Wildman–Crippen MR) is 108 cm³/mol. The number of ketones is 1. The summed E-state index contributed by atoms with van der Waals surface area (Å²) >= 11 is 3.46. The Morgan fingerprint density at radius 2 is 1.73 bits per heavy atom. The van der Waals surface area contributed by atoms with Crippen molar-refractivity contribution in [1.82, 2.24) is 0 Å². The number of carbonyl (C=O) groups excluding carboxylic acids is 2. The maximum atomic E-state index is 13.3. The van der Waals surface area contributed by atoms with Gasteiger partial charge in [-0.25, -0.2) is 0 Å². The van der Waals surface area contributed by atoms with Crippen molar-refractivity contribution in [2.75, 3.05) is 4.90 Å². The summed E-state index contributed by atoms with van der Waals surface area (Å²) in [6, 6.07) is 15.5. The largest absolute Gasteiger partial charge is 0.308 e. The van der Waals surface area contributed by atoms with Crippen LogP contribution in [-0.2, 0) is 11.3 Å². The van der Waals surface area contributed by atoms with Crippen molar-refractivity contribution in [3.8, 4) is 0 Å². The molecule has 0 heterocycles. The molecule has 1 aliphatic rings. The molecule has 1 saturated carbocycles. The summed E-state index contributed by atoms with van der Waals surface area (Å²) in [4.78, 5) is 26.9. The molecule has 26 heavy (non-hydrogen) atoms. The smallest absolute Gasteiger partial charge is 0.230 e. The van der Waals surface area contributed by atoms with Gasteiger partial charge in [-0.3, -0.25) is 9.59 Å². The first-order chi connectivity index (χ1) is 12.5. The average molecular weight is 414 g/mol. The normalized spacial score (nSPS) is 14.8. The number of carbonyl (C=O) groups is 2. The van der Waals surface area contributed by atoms with Crippen LogP contribution in [0.4, 0.5) is 5.69 Å². The molecule has 0 spiro atoms. The fourth-order valence-corrected chi connectivity index (χ4v) is 3.80. The molecule has 0 atom stereocenters. The monoisotopic (exact) mass is 413 g/mol. The fraction of sp³-hybridized carbons (Fsp3) is 0.364. The molecule has 1 fully saturated rings. The Morgan fingerprint density at radius 3 is 2.38 bits per heavy atom. The molecule has 0 radical (unpaired) electrons. The van der Waals surface area contributed by atoms with Gasteiger partial charge in [0.05, 0.1) is 6.54 Å². The van der Waals surface area contributed by atoms with E-state index in [1.54, 1.807) is 13.0 Å². The number of Topliss-reactive ketones (excluding diaryl/α,β-unsaturated/α-hetero) is 1. The number of halogens is 1. The van der Waals surface area contributed by atoms with Gasteiger partial charge < -0.3 is 4.90 Å². The van der Waals surface area contributed by atoms with Gasteiger partial charge in [-0.05, 0) is 49.6 Å². The van der Waals surface area contributed by atoms with Crippen molar-refractivity contribution >= 4 is 33.3 Å². The molecular weight excluding hydrogens is 390 g/mol. The van der Waals surface area contributed by atoms with E-state index in [0.29, 0.717) is 12.1 Å². The lowest BCUT2D eigenvalue weighted by Crippen LogP contribution is -2.36. The SMILES string of the molecule is CC(=O)c1cccc(N(Cc2ccc(Br)cc2)C(=O)C2CCCCC2)c1. The van der Waals surface area contributed by atoms with Crippen LogP contribution in [-0.4, -0.2) is 11.7 Å². The summed E-state index contributed by atoms with van der Waals surface area (Å²) in [6.45, 7) is 2.07. The Morgan fingerprint density at radius 1 is 1.04 bits per heavy atom. The lowest BCUT2D eigenvalue weighted by molar-refractivity contribution is -0.123. The van der Waals surface area contributed by atoms with Crippen LogP contribution in [0.25, 0.3) is 0 Å². The molecule has 3 rings (SSSR count). The highest BCUT2D eigenvalue weighted by atomic mass is 79.9. The molecule has 1 amide bonds. The summed E-state index contributed by atoms with van der Waals surface area (Å²) in [5.74, 6) is 0.272. The van der Waals surface area contributed by atoms with Gasteiger partial charge in [-0.15, -0.1) is 0 Å². The van der Waals surface area contributed by atoms with E-state index in [1.165, 1.54) is 6.42 Å². The van der Waals surface area contributed by atoms with Gasteiger partial charge in [0.15, 0.2) is 5.78 Å². The highest BCUT2D eigenvalue weighted by Gasteiger charge is 2.27. The Labute approximate surface area is 163 Å². The topological polar surface area (TPSA) is 37.4 Å². The van der Waals surface area contributed by atoms with E-state index >= 15 is 0 Å². The number of nitrogens with zero attached hydrogens (tertiary/aromatic N) is 1. The Bertz CT molecular complexity index is 779. The first-order valence-electron chi connectivity index (χ1n) is 9.21. The minimum Gasteiger partial charge on any atom is -0.308 e. The van der Waals surface area contributed by atoms with Gasteiger partial charge in [0, 0.05) is 21.6 Å². The summed E-state index contributed by atoms with van der Waals surface area (Å²) in [5, 5.41) is 0. The van der Waals surface area contributed by atoms with E-state index in [9.17, 15) is 9.59 Å². The third-order valence-electron chi connectivity index (χ3n) is 5.04. The Kier molecular flexibility index (Phi) is 6.25. The van der Waals surface area contributed by atoms with E-state index < -0.39 is 0 Å². The van der Waals surface area contributed by atoms with Crippen molar-refractivity contribution in [1.29, 1.82) is 0 Å². The van der Waals surface area contributed by atoms with Gasteiger partial charge in [-0.1, -0.05) is 59.5 Å². The van der Waals surface area contributed by atoms with Crippen molar-refractivity contribution in [3.05, 3.63) is 64.1 Å². The van der Waals surface area contributed by atoms with Gasteiger partial charge >= 0.3 is 0 Å². The summed E-state index contributed by atoms with van der Waals surface area (Å²) in [6.07, 6.45) is 5.38. The molecule has 0 bridgehead atoms. The van der Waals surface area contributed by atoms with Crippen LogP contribution in [0.15, 0.2) is 53.0 Å². The van der Waals surface area contributed by atoms with Gasteiger partial charge in [-0.2, -0.15) is 0 Å². The molecule has 1 aliphatic carbocycles. The summed E-state index contributed by atoms with van der Waals surface area (Å²) in [7, 11) is 0. The fourth-order valence-electron chi connectivity index (χ4n) is 3.53. The average Bonchev–Trinajstić information content (AvgIpc) is 2.68. The third-order valence-corrected chi connectivity index (χ3v) is 5.57. The number of amides is 1. The zero-order valence-corrected chi connectivity index (χ0v) is 16.7. The number of anilines is 1. The van der Waals surface area contributed by atoms with Crippen LogP contribution in [0.3, 0.4) is 0 Å². The number of hydrogen-bond donors (Lipinski definition) is 0. The second-order valence-electron chi connectivity index (χ2n) is 6.99. The van der Waals surface area contributed by atoms with Crippen LogP contribution >= 0.6 is 15.9 Å². The van der Waals surface area contributed by atoms with Crippen LogP contribution < -0.4 is 4.90 Å². The van der Waals surface area contributed by atoms with Gasteiger partial charge in [0.2, 0.25) is 5.91 Å².